The molecule has 0 radical (unpaired) electrons. The summed E-state index contributed by atoms with van der Waals surface area (Å²) in [6.45, 7) is 0. The number of ether oxygens (including phenoxy) is 5. The number of halogens is 1. The average Bonchev–Trinajstić information content (AvgIpc) is 2.83. The van der Waals surface area contributed by atoms with Gasteiger partial charge in [0, 0.05) is 21.5 Å². The molecule has 1 aromatic heterocycles. The third-order valence-corrected chi connectivity index (χ3v) is 5.48. The van der Waals surface area contributed by atoms with Gasteiger partial charge in [-0.15, -0.1) is 0 Å². The number of pyridine rings is 1. The van der Waals surface area contributed by atoms with Gasteiger partial charge < -0.3 is 23.7 Å². The molecule has 0 saturated carbocycles. The third-order valence-electron chi connectivity index (χ3n) is 4.99. The summed E-state index contributed by atoms with van der Waals surface area (Å²) in [6, 6.07) is 18.8. The summed E-state index contributed by atoms with van der Waals surface area (Å²) in [5.74, 6) is 3.69. The van der Waals surface area contributed by atoms with Crippen molar-refractivity contribution in [2.24, 2.45) is 0 Å². The first-order valence-electron chi connectivity index (χ1n) is 9.79. The molecule has 32 heavy (non-hydrogen) atoms. The molecule has 0 unspecified atom stereocenters. The summed E-state index contributed by atoms with van der Waals surface area (Å²) in [4.78, 5) is 4.91. The van der Waals surface area contributed by atoms with Crippen LogP contribution in [-0.2, 0) is 0 Å². The summed E-state index contributed by atoms with van der Waals surface area (Å²) in [5.41, 5.74) is 2.21. The lowest BCUT2D eigenvalue weighted by Crippen LogP contribution is -1.97. The van der Waals surface area contributed by atoms with Crippen LogP contribution in [0.3, 0.4) is 0 Å². The minimum absolute atomic E-state index is 0.564. The Bertz CT molecular complexity index is 1270. The minimum Gasteiger partial charge on any atom is -0.497 e. The molecule has 0 bridgehead atoms. The Morgan fingerprint density at radius 1 is 0.625 bits per heavy atom. The number of methoxy groups -OCH3 is 4. The van der Waals surface area contributed by atoms with Crippen molar-refractivity contribution in [2.45, 2.75) is 0 Å². The first kappa shape index (κ1) is 21.8. The number of fused-ring (bicyclic) bond motifs is 1. The number of nitrogens with zero attached hydrogens (tertiary/aromatic N) is 1. The highest BCUT2D eigenvalue weighted by Crippen LogP contribution is 2.42. The smallest absolute Gasteiger partial charge is 0.164 e. The number of hydrogen-bond acceptors (Lipinski definition) is 6. The van der Waals surface area contributed by atoms with E-state index in [-0.39, 0.29) is 0 Å². The highest BCUT2D eigenvalue weighted by atomic mass is 79.9. The van der Waals surface area contributed by atoms with E-state index in [4.69, 9.17) is 28.7 Å². The van der Waals surface area contributed by atoms with Gasteiger partial charge in [0.25, 0.3) is 0 Å². The van der Waals surface area contributed by atoms with Gasteiger partial charge in [0.15, 0.2) is 17.2 Å². The second kappa shape index (κ2) is 9.36. The SMILES string of the molecule is COc1ccc(OC)c(-c2nc3ccc(Br)cc3cc2Oc2ccc(OC)c(OC)c2)c1. The molecule has 0 aliphatic carbocycles. The van der Waals surface area contributed by atoms with Gasteiger partial charge in [-0.1, -0.05) is 15.9 Å². The highest BCUT2D eigenvalue weighted by Gasteiger charge is 2.18. The maximum atomic E-state index is 6.32. The Morgan fingerprint density at radius 3 is 2.06 bits per heavy atom. The molecule has 3 aromatic carbocycles. The van der Waals surface area contributed by atoms with Gasteiger partial charge in [-0.2, -0.15) is 0 Å². The molecule has 0 spiro atoms. The monoisotopic (exact) mass is 495 g/mol. The lowest BCUT2D eigenvalue weighted by molar-refractivity contribution is 0.352. The van der Waals surface area contributed by atoms with E-state index in [1.807, 2.05) is 48.5 Å². The summed E-state index contributed by atoms with van der Waals surface area (Å²) in [5, 5.41) is 0.931. The molecule has 0 N–H and O–H groups in total. The van der Waals surface area contributed by atoms with E-state index in [9.17, 15) is 0 Å². The molecule has 4 rings (SSSR count). The third kappa shape index (κ3) is 4.29. The van der Waals surface area contributed by atoms with E-state index in [1.165, 1.54) is 0 Å². The first-order valence-corrected chi connectivity index (χ1v) is 10.6. The van der Waals surface area contributed by atoms with Crippen LogP contribution in [0.25, 0.3) is 22.2 Å². The zero-order valence-corrected chi connectivity index (χ0v) is 19.7. The lowest BCUT2D eigenvalue weighted by atomic mass is 10.1. The van der Waals surface area contributed by atoms with Crippen LogP contribution in [-0.4, -0.2) is 33.4 Å². The molecule has 164 valence electrons. The van der Waals surface area contributed by atoms with Crippen LogP contribution in [0.2, 0.25) is 0 Å². The predicted octanol–water partition coefficient (Wildman–Crippen LogP) is 6.49. The normalized spacial score (nSPS) is 10.7. The van der Waals surface area contributed by atoms with E-state index >= 15 is 0 Å². The number of aromatic nitrogens is 1. The average molecular weight is 496 g/mol. The topological polar surface area (TPSA) is 59.0 Å². The van der Waals surface area contributed by atoms with Crippen LogP contribution in [0, 0.1) is 0 Å². The molecule has 0 saturated heterocycles. The maximum absolute atomic E-state index is 6.32. The molecular weight excluding hydrogens is 474 g/mol. The zero-order chi connectivity index (χ0) is 22.7. The molecule has 4 aromatic rings. The van der Waals surface area contributed by atoms with Crippen molar-refractivity contribution >= 4 is 26.8 Å². The Labute approximate surface area is 194 Å². The van der Waals surface area contributed by atoms with Crippen LogP contribution in [0.1, 0.15) is 0 Å². The van der Waals surface area contributed by atoms with Gasteiger partial charge in [-0.3, -0.25) is 0 Å². The minimum atomic E-state index is 0.564. The Hall–Kier alpha value is -3.45. The van der Waals surface area contributed by atoms with Crippen molar-refractivity contribution in [2.75, 3.05) is 28.4 Å². The fraction of sp³-hybridized carbons (Fsp3) is 0.160. The molecule has 0 aliphatic heterocycles. The van der Waals surface area contributed by atoms with Gasteiger partial charge in [-0.05, 0) is 54.6 Å². The van der Waals surface area contributed by atoms with Crippen molar-refractivity contribution in [3.63, 3.8) is 0 Å². The Kier molecular flexibility index (Phi) is 6.37. The molecule has 0 fully saturated rings. The number of rotatable bonds is 7. The first-order chi connectivity index (χ1) is 15.6. The second-order valence-electron chi connectivity index (χ2n) is 6.86. The molecule has 7 heteroatoms. The van der Waals surface area contributed by atoms with E-state index in [0.717, 1.165) is 20.9 Å². The van der Waals surface area contributed by atoms with E-state index in [2.05, 4.69) is 15.9 Å². The van der Waals surface area contributed by atoms with Gasteiger partial charge in [-0.25, -0.2) is 4.98 Å². The summed E-state index contributed by atoms with van der Waals surface area (Å²) >= 11 is 3.53. The van der Waals surface area contributed by atoms with Crippen LogP contribution in [0.4, 0.5) is 0 Å². The number of hydrogen-bond donors (Lipinski definition) is 0. The predicted molar refractivity (Wildman–Crippen MR) is 128 cm³/mol. The lowest BCUT2D eigenvalue weighted by Gasteiger charge is -2.16. The Morgan fingerprint density at radius 2 is 1.34 bits per heavy atom. The number of benzene rings is 3. The molecule has 0 atom stereocenters. The van der Waals surface area contributed by atoms with Crippen LogP contribution in [0.15, 0.2) is 65.1 Å². The van der Waals surface area contributed by atoms with Crippen molar-refractivity contribution in [1.82, 2.24) is 4.98 Å². The second-order valence-corrected chi connectivity index (χ2v) is 7.77. The molecule has 0 aliphatic rings. The largest absolute Gasteiger partial charge is 0.497 e. The van der Waals surface area contributed by atoms with Crippen LogP contribution < -0.4 is 23.7 Å². The zero-order valence-electron chi connectivity index (χ0n) is 18.1. The molecule has 0 amide bonds. The van der Waals surface area contributed by atoms with Gasteiger partial charge in [0.2, 0.25) is 0 Å². The quantitative estimate of drug-likeness (QED) is 0.292. The molecule has 6 nitrogen and oxygen atoms in total. The van der Waals surface area contributed by atoms with Crippen molar-refractivity contribution in [3.8, 4) is 45.8 Å². The van der Waals surface area contributed by atoms with Crippen LogP contribution >= 0.6 is 15.9 Å². The van der Waals surface area contributed by atoms with Gasteiger partial charge >= 0.3 is 0 Å². The van der Waals surface area contributed by atoms with E-state index < -0.39 is 0 Å². The Balaban J connectivity index is 1.91. The standard InChI is InChI=1S/C25H22BrNO5/c1-28-17-6-9-21(29-2)19(13-17)25-24(12-15-11-16(26)5-8-20(15)27-25)32-18-7-10-22(30-3)23(14-18)31-4/h5-14H,1-4H3. The highest BCUT2D eigenvalue weighted by molar-refractivity contribution is 9.10. The fourth-order valence-corrected chi connectivity index (χ4v) is 3.78. The summed E-state index contributed by atoms with van der Waals surface area (Å²) < 4.78 is 29.1. The molecular formula is C25H22BrNO5. The maximum Gasteiger partial charge on any atom is 0.164 e. The van der Waals surface area contributed by atoms with E-state index in [0.29, 0.717) is 40.2 Å². The fourth-order valence-electron chi connectivity index (χ4n) is 3.40. The summed E-state index contributed by atoms with van der Waals surface area (Å²) in [6.07, 6.45) is 0. The summed E-state index contributed by atoms with van der Waals surface area (Å²) in [7, 11) is 6.43. The van der Waals surface area contributed by atoms with E-state index in [1.54, 1.807) is 40.6 Å². The van der Waals surface area contributed by atoms with Crippen molar-refractivity contribution in [3.05, 3.63) is 65.1 Å². The van der Waals surface area contributed by atoms with Crippen molar-refractivity contribution in [1.29, 1.82) is 0 Å². The van der Waals surface area contributed by atoms with Crippen LogP contribution in [0.5, 0.6) is 34.5 Å². The molecule has 1 heterocycles. The van der Waals surface area contributed by atoms with Crippen molar-refractivity contribution < 1.29 is 23.7 Å². The van der Waals surface area contributed by atoms with Gasteiger partial charge in [0.05, 0.1) is 34.0 Å². The van der Waals surface area contributed by atoms with Gasteiger partial charge in [0.1, 0.15) is 22.9 Å².